The number of benzene rings is 2. The Labute approximate surface area is 178 Å². The molecule has 6 nitrogen and oxygen atoms in total. The Morgan fingerprint density at radius 3 is 2.63 bits per heavy atom. The number of carbonyl (C=O) groups is 1. The lowest BCUT2D eigenvalue weighted by Gasteiger charge is -2.12. The highest BCUT2D eigenvalue weighted by Crippen LogP contribution is 2.34. The molecule has 3 aromatic rings. The number of thioether (sulfide) groups is 1. The molecule has 150 valence electrons. The topological polar surface area (TPSA) is 78.4 Å². The third-order valence-electron chi connectivity index (χ3n) is 4.50. The van der Waals surface area contributed by atoms with Crippen LogP contribution in [-0.2, 0) is 11.3 Å². The lowest BCUT2D eigenvalue weighted by Crippen LogP contribution is -2.28. The van der Waals surface area contributed by atoms with Gasteiger partial charge in [-0.25, -0.2) is 0 Å². The van der Waals surface area contributed by atoms with Crippen molar-refractivity contribution in [2.24, 2.45) is 10.2 Å². The molecule has 1 fully saturated rings. The van der Waals surface area contributed by atoms with Crippen molar-refractivity contribution >= 4 is 35.1 Å². The maximum absolute atomic E-state index is 13.0. The van der Waals surface area contributed by atoms with Crippen molar-refractivity contribution < 1.29 is 14.3 Å². The number of amides is 1. The van der Waals surface area contributed by atoms with E-state index in [4.69, 9.17) is 4.42 Å². The van der Waals surface area contributed by atoms with Crippen molar-refractivity contribution in [1.29, 1.82) is 0 Å². The average Bonchev–Trinajstić information content (AvgIpc) is 3.35. The van der Waals surface area contributed by atoms with Crippen molar-refractivity contribution in [1.82, 2.24) is 4.90 Å². The van der Waals surface area contributed by atoms with Gasteiger partial charge in [-0.1, -0.05) is 36.4 Å². The number of aromatic hydroxyl groups is 1. The van der Waals surface area contributed by atoms with E-state index in [0.717, 1.165) is 16.7 Å². The molecule has 0 aliphatic carbocycles. The molecule has 1 aromatic heterocycles. The van der Waals surface area contributed by atoms with Crippen LogP contribution in [0.4, 0.5) is 0 Å². The Morgan fingerprint density at radius 1 is 1.10 bits per heavy atom. The summed E-state index contributed by atoms with van der Waals surface area (Å²) in [6.45, 7) is 2.27. The summed E-state index contributed by atoms with van der Waals surface area (Å²) >= 11 is 1.26. The Hall–Kier alpha value is -3.58. The first-order valence-electron chi connectivity index (χ1n) is 9.29. The van der Waals surface area contributed by atoms with E-state index in [1.54, 1.807) is 53.8 Å². The van der Waals surface area contributed by atoms with Gasteiger partial charge in [0, 0.05) is 0 Å². The minimum Gasteiger partial charge on any atom is -0.508 e. The van der Waals surface area contributed by atoms with E-state index in [-0.39, 0.29) is 18.2 Å². The van der Waals surface area contributed by atoms with E-state index in [2.05, 4.69) is 10.2 Å². The standard InChI is InChI=1S/C23H19N3O3S/c1-16-5-2-3-6-18(16)14-24-25-23-26(15-20-7-4-12-29-20)22(28)21(30-23)13-17-8-10-19(27)11-9-17/h2-14,27H,15H2,1H3/b21-13-,24-14-,25-23+. The molecule has 4 rings (SSSR count). The van der Waals surface area contributed by atoms with Gasteiger partial charge in [-0.2, -0.15) is 5.10 Å². The summed E-state index contributed by atoms with van der Waals surface area (Å²) in [6, 6.07) is 18.1. The number of aryl methyl sites for hydroxylation is 1. The van der Waals surface area contributed by atoms with Crippen LogP contribution in [0.2, 0.25) is 0 Å². The summed E-state index contributed by atoms with van der Waals surface area (Å²) in [7, 11) is 0. The van der Waals surface area contributed by atoms with Crippen molar-refractivity contribution in [3.63, 3.8) is 0 Å². The highest BCUT2D eigenvalue weighted by molar-refractivity contribution is 8.18. The largest absolute Gasteiger partial charge is 0.508 e. The zero-order valence-electron chi connectivity index (χ0n) is 16.2. The monoisotopic (exact) mass is 417 g/mol. The maximum atomic E-state index is 13.0. The predicted molar refractivity (Wildman–Crippen MR) is 119 cm³/mol. The molecule has 2 heterocycles. The molecule has 30 heavy (non-hydrogen) atoms. The van der Waals surface area contributed by atoms with E-state index in [1.807, 2.05) is 37.3 Å². The molecule has 1 amide bonds. The second kappa shape index (κ2) is 8.84. The molecular weight excluding hydrogens is 398 g/mol. The van der Waals surface area contributed by atoms with Crippen molar-refractivity contribution in [3.8, 4) is 5.75 Å². The van der Waals surface area contributed by atoms with Gasteiger partial charge in [0.15, 0.2) is 5.17 Å². The number of amidine groups is 1. The second-order valence-electron chi connectivity index (χ2n) is 6.66. The van der Waals surface area contributed by atoms with Gasteiger partial charge >= 0.3 is 0 Å². The third-order valence-corrected chi connectivity index (χ3v) is 5.50. The Balaban J connectivity index is 1.62. The first-order valence-corrected chi connectivity index (χ1v) is 10.1. The zero-order valence-corrected chi connectivity index (χ0v) is 17.0. The Kier molecular flexibility index (Phi) is 5.81. The van der Waals surface area contributed by atoms with Gasteiger partial charge in [-0.3, -0.25) is 9.69 Å². The minimum atomic E-state index is -0.172. The normalized spacial score (nSPS) is 17.0. The Bertz CT molecular complexity index is 1130. The van der Waals surface area contributed by atoms with Gasteiger partial charge in [0.1, 0.15) is 11.5 Å². The number of hydrogen-bond acceptors (Lipinski definition) is 6. The summed E-state index contributed by atoms with van der Waals surface area (Å²) < 4.78 is 5.40. The second-order valence-corrected chi connectivity index (χ2v) is 7.67. The van der Waals surface area contributed by atoms with Crippen molar-refractivity contribution in [2.75, 3.05) is 0 Å². The summed E-state index contributed by atoms with van der Waals surface area (Å²) in [5.74, 6) is 0.662. The van der Waals surface area contributed by atoms with Crippen LogP contribution in [-0.4, -0.2) is 27.3 Å². The fraction of sp³-hybridized carbons (Fsp3) is 0.0870. The molecule has 1 aliphatic heterocycles. The van der Waals surface area contributed by atoms with Gasteiger partial charge in [-0.05, 0) is 65.7 Å². The molecule has 0 saturated carbocycles. The molecule has 2 aromatic carbocycles. The molecule has 1 aliphatic rings. The zero-order chi connectivity index (χ0) is 20.9. The molecular formula is C23H19N3O3S. The molecule has 0 atom stereocenters. The van der Waals surface area contributed by atoms with Gasteiger partial charge in [0.05, 0.1) is 23.9 Å². The van der Waals surface area contributed by atoms with Gasteiger partial charge in [0.2, 0.25) is 0 Å². The van der Waals surface area contributed by atoms with E-state index in [9.17, 15) is 9.90 Å². The van der Waals surface area contributed by atoms with Crippen molar-refractivity contribution in [3.05, 3.63) is 94.3 Å². The van der Waals surface area contributed by atoms with Crippen LogP contribution in [0.25, 0.3) is 6.08 Å². The van der Waals surface area contributed by atoms with Crippen LogP contribution >= 0.6 is 11.8 Å². The molecule has 0 radical (unpaired) electrons. The van der Waals surface area contributed by atoms with E-state index >= 15 is 0 Å². The maximum Gasteiger partial charge on any atom is 0.267 e. The summed E-state index contributed by atoms with van der Waals surface area (Å²) in [4.78, 5) is 15.1. The average molecular weight is 417 g/mol. The minimum absolute atomic E-state index is 0.172. The fourth-order valence-corrected chi connectivity index (χ4v) is 3.81. The smallest absolute Gasteiger partial charge is 0.267 e. The van der Waals surface area contributed by atoms with E-state index in [0.29, 0.717) is 15.8 Å². The van der Waals surface area contributed by atoms with Gasteiger partial charge in [0.25, 0.3) is 5.91 Å². The molecule has 0 unspecified atom stereocenters. The number of hydrogen-bond donors (Lipinski definition) is 1. The molecule has 0 bridgehead atoms. The third kappa shape index (κ3) is 4.52. The van der Waals surface area contributed by atoms with Crippen molar-refractivity contribution in [2.45, 2.75) is 13.5 Å². The highest BCUT2D eigenvalue weighted by Gasteiger charge is 2.34. The highest BCUT2D eigenvalue weighted by atomic mass is 32.2. The first-order chi connectivity index (χ1) is 14.6. The Morgan fingerprint density at radius 2 is 1.90 bits per heavy atom. The van der Waals surface area contributed by atoms with E-state index < -0.39 is 0 Å². The molecule has 0 spiro atoms. The number of carbonyl (C=O) groups excluding carboxylic acids is 1. The number of phenolic OH excluding ortho intramolecular Hbond substituents is 1. The first kappa shape index (κ1) is 19.7. The van der Waals surface area contributed by atoms with Crippen LogP contribution in [0.3, 0.4) is 0 Å². The number of phenols is 1. The van der Waals surface area contributed by atoms with E-state index in [1.165, 1.54) is 11.8 Å². The van der Waals surface area contributed by atoms with Gasteiger partial charge in [-0.15, -0.1) is 5.10 Å². The quantitative estimate of drug-likeness (QED) is 0.367. The fourth-order valence-electron chi connectivity index (χ4n) is 2.87. The number of furan rings is 1. The number of nitrogens with zero attached hydrogens (tertiary/aromatic N) is 3. The van der Waals surface area contributed by atoms with Crippen LogP contribution in [0, 0.1) is 6.92 Å². The summed E-state index contributed by atoms with van der Waals surface area (Å²) in [5, 5.41) is 18.5. The van der Waals surface area contributed by atoms with Crippen LogP contribution in [0.1, 0.15) is 22.5 Å². The molecule has 1 saturated heterocycles. The van der Waals surface area contributed by atoms with Crippen LogP contribution < -0.4 is 0 Å². The summed E-state index contributed by atoms with van der Waals surface area (Å²) in [5.41, 5.74) is 2.87. The SMILES string of the molecule is Cc1ccccc1/C=N\N=C1\S/C(=C\c2ccc(O)cc2)C(=O)N1Cc1ccco1. The predicted octanol–water partition coefficient (Wildman–Crippen LogP) is 4.80. The summed E-state index contributed by atoms with van der Waals surface area (Å²) in [6.07, 6.45) is 5.03. The van der Waals surface area contributed by atoms with Crippen LogP contribution in [0.5, 0.6) is 5.75 Å². The molecule has 1 N–H and O–H groups in total. The lowest BCUT2D eigenvalue weighted by molar-refractivity contribution is -0.122. The van der Waals surface area contributed by atoms with Gasteiger partial charge < -0.3 is 9.52 Å². The lowest BCUT2D eigenvalue weighted by atomic mass is 10.1. The molecule has 7 heteroatoms. The number of rotatable bonds is 5. The van der Waals surface area contributed by atoms with Crippen LogP contribution in [0.15, 0.2) is 86.5 Å².